The maximum Gasteiger partial charge on any atom is 0.411 e. The van der Waals surface area contributed by atoms with Gasteiger partial charge in [0.2, 0.25) is 0 Å². The second-order valence-corrected chi connectivity index (χ2v) is 4.99. The first kappa shape index (κ1) is 16.5. The van der Waals surface area contributed by atoms with Crippen molar-refractivity contribution in [2.75, 3.05) is 20.3 Å². The Bertz CT molecular complexity index is 439. The van der Waals surface area contributed by atoms with Crippen molar-refractivity contribution in [3.63, 3.8) is 0 Å². The van der Waals surface area contributed by atoms with Crippen LogP contribution in [0.4, 0.5) is 17.6 Å². The third kappa shape index (κ3) is 5.16. The van der Waals surface area contributed by atoms with E-state index >= 15 is 0 Å². The Balaban J connectivity index is 2.76. The summed E-state index contributed by atoms with van der Waals surface area (Å²) in [6, 6.07) is 2.45. The monoisotopic (exact) mass is 364 g/mol. The minimum absolute atomic E-state index is 0.143. The standard InChI is InChI=1S/C11H10BrClF4O2/c1-18-10-3-9(14)7(12)2-6(10)8(13)4-19-5-11(15,16)17/h2-3,8H,4-5H2,1H3. The molecule has 8 heteroatoms. The van der Waals surface area contributed by atoms with Gasteiger partial charge < -0.3 is 9.47 Å². The molecule has 0 heterocycles. The van der Waals surface area contributed by atoms with E-state index < -0.39 is 24.0 Å². The summed E-state index contributed by atoms with van der Waals surface area (Å²) >= 11 is 8.90. The number of halogens is 6. The number of alkyl halides is 4. The van der Waals surface area contributed by atoms with E-state index in [0.29, 0.717) is 5.56 Å². The second-order valence-electron chi connectivity index (χ2n) is 3.61. The first-order valence-corrected chi connectivity index (χ1v) is 6.29. The zero-order valence-electron chi connectivity index (χ0n) is 9.73. The molecule has 2 nitrogen and oxygen atoms in total. The molecule has 0 saturated carbocycles. The van der Waals surface area contributed by atoms with E-state index in [1.165, 1.54) is 13.2 Å². The van der Waals surface area contributed by atoms with Crippen LogP contribution in [0.3, 0.4) is 0 Å². The molecule has 0 aromatic heterocycles. The molecular weight excluding hydrogens is 355 g/mol. The highest BCUT2D eigenvalue weighted by Crippen LogP contribution is 2.34. The Morgan fingerprint density at radius 2 is 2.00 bits per heavy atom. The van der Waals surface area contributed by atoms with Crippen molar-refractivity contribution < 1.29 is 27.0 Å². The average Bonchev–Trinajstić information content (AvgIpc) is 2.30. The molecule has 0 aliphatic rings. The third-order valence-electron chi connectivity index (χ3n) is 2.14. The quantitative estimate of drug-likeness (QED) is 0.567. The molecule has 0 aliphatic heterocycles. The van der Waals surface area contributed by atoms with Gasteiger partial charge in [-0.3, -0.25) is 0 Å². The van der Waals surface area contributed by atoms with E-state index in [0.717, 1.165) is 6.07 Å². The van der Waals surface area contributed by atoms with Crippen molar-refractivity contribution in [3.05, 3.63) is 28.0 Å². The molecule has 0 aliphatic carbocycles. The molecule has 1 aromatic carbocycles. The SMILES string of the molecule is COc1cc(F)c(Br)cc1C(Cl)COCC(F)(F)F. The van der Waals surface area contributed by atoms with E-state index in [2.05, 4.69) is 20.7 Å². The lowest BCUT2D eigenvalue weighted by Gasteiger charge is -2.15. The Kier molecular flexibility index (Phi) is 5.88. The summed E-state index contributed by atoms with van der Waals surface area (Å²) in [6.45, 7) is -1.75. The van der Waals surface area contributed by atoms with Crippen LogP contribution in [0.1, 0.15) is 10.9 Å². The lowest BCUT2D eigenvalue weighted by atomic mass is 10.1. The minimum atomic E-state index is -4.41. The van der Waals surface area contributed by atoms with Gasteiger partial charge in [0.15, 0.2) is 0 Å². The van der Waals surface area contributed by atoms with E-state index in [-0.39, 0.29) is 16.8 Å². The third-order valence-corrected chi connectivity index (χ3v) is 3.11. The van der Waals surface area contributed by atoms with Crippen molar-refractivity contribution in [3.8, 4) is 5.75 Å². The maximum atomic E-state index is 13.3. The van der Waals surface area contributed by atoms with Crippen molar-refractivity contribution in [2.24, 2.45) is 0 Å². The summed E-state index contributed by atoms with van der Waals surface area (Å²) < 4.78 is 58.6. The van der Waals surface area contributed by atoms with E-state index in [9.17, 15) is 17.6 Å². The molecule has 19 heavy (non-hydrogen) atoms. The lowest BCUT2D eigenvalue weighted by molar-refractivity contribution is -0.173. The minimum Gasteiger partial charge on any atom is -0.496 e. The van der Waals surface area contributed by atoms with Crippen LogP contribution in [-0.4, -0.2) is 26.5 Å². The molecule has 0 fully saturated rings. The topological polar surface area (TPSA) is 18.5 Å². The molecular formula is C11H10BrClF4O2. The van der Waals surface area contributed by atoms with Crippen molar-refractivity contribution >= 4 is 27.5 Å². The van der Waals surface area contributed by atoms with Gasteiger partial charge in [-0.1, -0.05) is 0 Å². The number of hydrogen-bond acceptors (Lipinski definition) is 2. The number of methoxy groups -OCH3 is 1. The first-order chi connectivity index (χ1) is 8.74. The number of benzene rings is 1. The average molecular weight is 366 g/mol. The van der Waals surface area contributed by atoms with Gasteiger partial charge in [0.25, 0.3) is 0 Å². The fraction of sp³-hybridized carbons (Fsp3) is 0.455. The molecule has 0 saturated heterocycles. The summed E-state index contributed by atoms with van der Waals surface area (Å²) in [5, 5.41) is -0.880. The van der Waals surface area contributed by atoms with Gasteiger partial charge in [0.05, 0.1) is 23.6 Å². The predicted octanol–water partition coefficient (Wildman–Crippen LogP) is 4.46. The fourth-order valence-electron chi connectivity index (χ4n) is 1.33. The maximum absolute atomic E-state index is 13.3. The smallest absolute Gasteiger partial charge is 0.411 e. The molecule has 0 radical (unpaired) electrons. The zero-order valence-corrected chi connectivity index (χ0v) is 12.1. The molecule has 0 bridgehead atoms. The van der Waals surface area contributed by atoms with Crippen molar-refractivity contribution in [2.45, 2.75) is 11.6 Å². The molecule has 108 valence electrons. The van der Waals surface area contributed by atoms with Crippen LogP contribution >= 0.6 is 27.5 Å². The Hall–Kier alpha value is -0.530. The van der Waals surface area contributed by atoms with Crippen LogP contribution in [0.5, 0.6) is 5.75 Å². The normalized spacial score (nSPS) is 13.4. The molecule has 0 spiro atoms. The number of ether oxygens (including phenoxy) is 2. The highest BCUT2D eigenvalue weighted by Gasteiger charge is 2.28. The molecule has 1 unspecified atom stereocenters. The highest BCUT2D eigenvalue weighted by atomic mass is 79.9. The number of rotatable bonds is 5. The summed E-state index contributed by atoms with van der Waals surface area (Å²) in [7, 11) is 1.31. The Morgan fingerprint density at radius 1 is 1.37 bits per heavy atom. The second kappa shape index (κ2) is 6.76. The molecule has 1 rings (SSSR count). The van der Waals surface area contributed by atoms with Gasteiger partial charge in [0, 0.05) is 11.6 Å². The molecule has 0 N–H and O–H groups in total. The van der Waals surface area contributed by atoms with Crippen LogP contribution < -0.4 is 4.74 Å². The summed E-state index contributed by atoms with van der Waals surface area (Å²) in [5.41, 5.74) is 0.347. The molecule has 1 aromatic rings. The van der Waals surface area contributed by atoms with Gasteiger partial charge >= 0.3 is 6.18 Å². The summed E-state index contributed by atoms with van der Waals surface area (Å²) in [5.74, 6) is -0.406. The van der Waals surface area contributed by atoms with Crippen LogP contribution in [0.25, 0.3) is 0 Å². The van der Waals surface area contributed by atoms with Gasteiger partial charge in [0.1, 0.15) is 18.2 Å². The largest absolute Gasteiger partial charge is 0.496 e. The van der Waals surface area contributed by atoms with Crippen molar-refractivity contribution in [1.29, 1.82) is 0 Å². The Labute approximate surface area is 120 Å². The lowest BCUT2D eigenvalue weighted by Crippen LogP contribution is -2.18. The van der Waals surface area contributed by atoms with E-state index in [1.807, 2.05) is 0 Å². The van der Waals surface area contributed by atoms with Crippen LogP contribution in [0, 0.1) is 5.82 Å². The van der Waals surface area contributed by atoms with Crippen LogP contribution in [-0.2, 0) is 4.74 Å². The predicted molar refractivity (Wildman–Crippen MR) is 66.1 cm³/mol. The van der Waals surface area contributed by atoms with Gasteiger partial charge in [-0.25, -0.2) is 4.39 Å². The van der Waals surface area contributed by atoms with Gasteiger partial charge in [-0.2, -0.15) is 13.2 Å². The van der Waals surface area contributed by atoms with Crippen LogP contribution in [0.2, 0.25) is 0 Å². The molecule has 1 atom stereocenters. The fourth-order valence-corrected chi connectivity index (χ4v) is 1.95. The molecule has 0 amide bonds. The van der Waals surface area contributed by atoms with Gasteiger partial charge in [-0.05, 0) is 22.0 Å². The van der Waals surface area contributed by atoms with E-state index in [4.69, 9.17) is 16.3 Å². The van der Waals surface area contributed by atoms with E-state index in [1.54, 1.807) is 0 Å². The zero-order chi connectivity index (χ0) is 14.6. The van der Waals surface area contributed by atoms with Crippen molar-refractivity contribution in [1.82, 2.24) is 0 Å². The summed E-state index contributed by atoms with van der Waals surface area (Å²) in [4.78, 5) is 0. The highest BCUT2D eigenvalue weighted by molar-refractivity contribution is 9.10. The van der Waals surface area contributed by atoms with Crippen LogP contribution in [0.15, 0.2) is 16.6 Å². The first-order valence-electron chi connectivity index (χ1n) is 5.06. The van der Waals surface area contributed by atoms with Gasteiger partial charge in [-0.15, -0.1) is 11.6 Å². The Morgan fingerprint density at radius 3 is 2.53 bits per heavy atom. The number of hydrogen-bond donors (Lipinski definition) is 0. The summed E-state index contributed by atoms with van der Waals surface area (Å²) in [6.07, 6.45) is -4.41.